The fraction of sp³-hybridized carbons (Fsp3) is 0.0800. The van der Waals surface area contributed by atoms with Crippen molar-refractivity contribution in [3.63, 3.8) is 0 Å². The Morgan fingerprint density at radius 3 is 2.62 bits per heavy atom. The maximum atomic E-state index is 13.7. The number of hydrogen-bond donors (Lipinski definition) is 2. The van der Waals surface area contributed by atoms with Gasteiger partial charge in [-0.2, -0.15) is 0 Å². The van der Waals surface area contributed by atoms with Gasteiger partial charge in [-0.05, 0) is 42.5 Å². The van der Waals surface area contributed by atoms with E-state index in [1.165, 1.54) is 16.3 Å². The number of amides is 1. The van der Waals surface area contributed by atoms with Crippen molar-refractivity contribution in [1.82, 2.24) is 14.5 Å². The third-order valence-electron chi connectivity index (χ3n) is 5.28. The van der Waals surface area contributed by atoms with E-state index in [-0.39, 0.29) is 17.2 Å². The maximum Gasteiger partial charge on any atom is 0.283 e. The third kappa shape index (κ3) is 4.13. The predicted octanol–water partition coefficient (Wildman–Crippen LogP) is 5.26. The Hall–Kier alpha value is -3.75. The van der Waals surface area contributed by atoms with Gasteiger partial charge in [0.2, 0.25) is 5.91 Å². The number of aromatic amines is 1. The molecule has 1 amide bonds. The molecular weight excluding hydrogens is 472 g/mol. The topological polar surface area (TPSA) is 89.0 Å². The first-order valence-corrected chi connectivity index (χ1v) is 11.8. The molecule has 0 unspecified atom stereocenters. The molecule has 0 aliphatic rings. The van der Waals surface area contributed by atoms with E-state index in [1.807, 2.05) is 36.4 Å². The smallest absolute Gasteiger partial charge is 0.283 e. The summed E-state index contributed by atoms with van der Waals surface area (Å²) in [6.45, 7) is 0. The molecule has 5 rings (SSSR count). The lowest BCUT2D eigenvalue weighted by Gasteiger charge is -2.15. The van der Waals surface area contributed by atoms with Crippen LogP contribution < -0.4 is 15.6 Å². The van der Waals surface area contributed by atoms with Crippen LogP contribution in [0, 0.1) is 0 Å². The van der Waals surface area contributed by atoms with Crippen LogP contribution in [-0.2, 0) is 4.79 Å². The number of aromatic nitrogens is 3. The Kier molecular flexibility index (Phi) is 6.00. The first kappa shape index (κ1) is 22.1. The fourth-order valence-electron chi connectivity index (χ4n) is 3.73. The molecule has 3 aromatic carbocycles. The van der Waals surface area contributed by atoms with Crippen LogP contribution in [0.4, 0.5) is 5.69 Å². The van der Waals surface area contributed by atoms with Gasteiger partial charge in [0.25, 0.3) is 5.56 Å². The fourth-order valence-corrected chi connectivity index (χ4v) is 4.65. The molecule has 0 saturated heterocycles. The summed E-state index contributed by atoms with van der Waals surface area (Å²) in [6, 6.07) is 21.7. The van der Waals surface area contributed by atoms with Gasteiger partial charge in [-0.3, -0.25) is 9.59 Å². The number of thioether (sulfide) groups is 1. The van der Waals surface area contributed by atoms with Crippen molar-refractivity contribution in [3.05, 3.63) is 88.2 Å². The molecule has 0 radical (unpaired) electrons. The van der Waals surface area contributed by atoms with E-state index in [4.69, 9.17) is 21.3 Å². The second kappa shape index (κ2) is 9.24. The molecule has 5 aromatic rings. The lowest BCUT2D eigenvalue weighted by atomic mass is 10.2. The lowest BCUT2D eigenvalue weighted by molar-refractivity contribution is -0.113. The Labute approximate surface area is 203 Å². The number of para-hydroxylation sites is 3. The van der Waals surface area contributed by atoms with Crippen LogP contribution in [0.2, 0.25) is 5.02 Å². The van der Waals surface area contributed by atoms with Crippen LogP contribution in [0.25, 0.3) is 27.6 Å². The SMILES string of the molecule is COc1ccccc1-n1c(SCC(=O)Nc2ccc(Cl)cc2)nc2c([nH]c3ccccc32)c1=O. The largest absolute Gasteiger partial charge is 0.495 e. The highest BCUT2D eigenvalue weighted by molar-refractivity contribution is 7.99. The van der Waals surface area contributed by atoms with Gasteiger partial charge in [-0.25, -0.2) is 9.55 Å². The summed E-state index contributed by atoms with van der Waals surface area (Å²) in [5.41, 5.74) is 2.68. The number of H-pyrrole nitrogens is 1. The van der Waals surface area contributed by atoms with Gasteiger partial charge in [-0.15, -0.1) is 0 Å². The first-order chi connectivity index (χ1) is 16.5. The van der Waals surface area contributed by atoms with Crippen LogP contribution in [0.1, 0.15) is 0 Å². The summed E-state index contributed by atoms with van der Waals surface area (Å²) in [5, 5.41) is 4.65. The van der Waals surface area contributed by atoms with Crippen LogP contribution in [0.15, 0.2) is 82.7 Å². The number of carbonyl (C=O) groups excluding carboxylic acids is 1. The van der Waals surface area contributed by atoms with Gasteiger partial charge in [0.1, 0.15) is 16.8 Å². The Morgan fingerprint density at radius 1 is 1.09 bits per heavy atom. The molecule has 0 atom stereocenters. The number of rotatable bonds is 6. The third-order valence-corrected chi connectivity index (χ3v) is 6.47. The van der Waals surface area contributed by atoms with Crippen LogP contribution in [-0.4, -0.2) is 33.3 Å². The van der Waals surface area contributed by atoms with Gasteiger partial charge >= 0.3 is 0 Å². The summed E-state index contributed by atoms with van der Waals surface area (Å²) < 4.78 is 6.98. The second-order valence-corrected chi connectivity index (χ2v) is 8.82. The highest BCUT2D eigenvalue weighted by Crippen LogP contribution is 2.29. The van der Waals surface area contributed by atoms with E-state index in [0.717, 1.165) is 10.9 Å². The van der Waals surface area contributed by atoms with Crippen molar-refractivity contribution in [1.29, 1.82) is 0 Å². The Balaban J connectivity index is 1.58. The lowest BCUT2D eigenvalue weighted by Crippen LogP contribution is -2.23. The summed E-state index contributed by atoms with van der Waals surface area (Å²) in [7, 11) is 1.55. The molecular formula is C25H19ClN4O3S. The molecule has 0 bridgehead atoms. The second-order valence-electron chi connectivity index (χ2n) is 7.44. The van der Waals surface area contributed by atoms with Crippen LogP contribution in [0.3, 0.4) is 0 Å². The van der Waals surface area contributed by atoms with Crippen LogP contribution >= 0.6 is 23.4 Å². The highest BCUT2D eigenvalue weighted by atomic mass is 35.5. The molecule has 2 heterocycles. The number of ether oxygens (including phenoxy) is 1. The number of methoxy groups -OCH3 is 1. The van der Waals surface area contributed by atoms with E-state index in [9.17, 15) is 9.59 Å². The minimum atomic E-state index is -0.272. The zero-order valence-corrected chi connectivity index (χ0v) is 19.6. The zero-order chi connectivity index (χ0) is 23.7. The van der Waals surface area contributed by atoms with Crippen molar-refractivity contribution in [2.45, 2.75) is 5.16 Å². The minimum absolute atomic E-state index is 0.0536. The number of nitrogens with one attached hydrogen (secondary N) is 2. The quantitative estimate of drug-likeness (QED) is 0.250. The average molecular weight is 491 g/mol. The summed E-state index contributed by atoms with van der Waals surface area (Å²) in [5.74, 6) is 0.347. The zero-order valence-electron chi connectivity index (χ0n) is 18.0. The minimum Gasteiger partial charge on any atom is -0.495 e. The van der Waals surface area contributed by atoms with Crippen molar-refractivity contribution in [2.24, 2.45) is 0 Å². The van der Waals surface area contributed by atoms with Crippen molar-refractivity contribution in [3.8, 4) is 11.4 Å². The van der Waals surface area contributed by atoms with Crippen LogP contribution in [0.5, 0.6) is 5.75 Å². The molecule has 9 heteroatoms. The number of carbonyl (C=O) groups is 1. The van der Waals surface area contributed by atoms with Crippen molar-refractivity contribution >= 4 is 56.9 Å². The molecule has 2 aromatic heterocycles. The Bertz CT molecular complexity index is 1580. The van der Waals surface area contributed by atoms with Gasteiger partial charge in [0.05, 0.1) is 18.6 Å². The standard InChI is InChI=1S/C25H19ClN4O3S/c1-33-20-9-5-4-8-19(20)30-24(32)23-22(17-6-2-3-7-18(17)28-23)29-25(30)34-14-21(31)27-16-12-10-15(26)11-13-16/h2-13,28H,14H2,1H3,(H,27,31). The molecule has 0 aliphatic carbocycles. The first-order valence-electron chi connectivity index (χ1n) is 10.4. The molecule has 7 nitrogen and oxygen atoms in total. The van der Waals surface area contributed by atoms with Crippen molar-refractivity contribution in [2.75, 3.05) is 18.2 Å². The predicted molar refractivity (Wildman–Crippen MR) is 137 cm³/mol. The van der Waals surface area contributed by atoms with E-state index in [0.29, 0.717) is 38.3 Å². The molecule has 34 heavy (non-hydrogen) atoms. The van der Waals surface area contributed by atoms with E-state index >= 15 is 0 Å². The molecule has 2 N–H and O–H groups in total. The number of fused-ring (bicyclic) bond motifs is 3. The number of anilines is 1. The molecule has 0 spiro atoms. The number of nitrogens with zero attached hydrogens (tertiary/aromatic N) is 2. The van der Waals surface area contributed by atoms with Gasteiger partial charge in [0, 0.05) is 21.6 Å². The van der Waals surface area contributed by atoms with E-state index in [1.54, 1.807) is 43.5 Å². The number of halogens is 1. The monoisotopic (exact) mass is 490 g/mol. The highest BCUT2D eigenvalue weighted by Gasteiger charge is 2.20. The summed E-state index contributed by atoms with van der Waals surface area (Å²) in [6.07, 6.45) is 0. The van der Waals surface area contributed by atoms with Crippen molar-refractivity contribution < 1.29 is 9.53 Å². The molecule has 170 valence electrons. The summed E-state index contributed by atoms with van der Waals surface area (Å²) >= 11 is 7.09. The molecule has 0 fully saturated rings. The maximum absolute atomic E-state index is 13.7. The van der Waals surface area contributed by atoms with Gasteiger partial charge < -0.3 is 15.0 Å². The van der Waals surface area contributed by atoms with E-state index < -0.39 is 0 Å². The average Bonchev–Trinajstić information content (AvgIpc) is 3.23. The number of hydrogen-bond acceptors (Lipinski definition) is 5. The Morgan fingerprint density at radius 2 is 1.82 bits per heavy atom. The number of benzene rings is 3. The van der Waals surface area contributed by atoms with Gasteiger partial charge in [0.15, 0.2) is 5.16 Å². The normalized spacial score (nSPS) is 11.1. The molecule has 0 aliphatic heterocycles. The van der Waals surface area contributed by atoms with E-state index in [2.05, 4.69) is 10.3 Å². The molecule has 0 saturated carbocycles. The van der Waals surface area contributed by atoms with Gasteiger partial charge in [-0.1, -0.05) is 53.7 Å². The summed E-state index contributed by atoms with van der Waals surface area (Å²) in [4.78, 5) is 34.3.